The van der Waals surface area contributed by atoms with Gasteiger partial charge in [0.1, 0.15) is 6.61 Å². The number of hydrogen-bond donors (Lipinski definition) is 2. The van der Waals surface area contributed by atoms with Crippen molar-refractivity contribution >= 4 is 18.0 Å². The molecule has 8 nitrogen and oxygen atoms in total. The molecular weight excluding hydrogens is 388 g/mol. The van der Waals surface area contributed by atoms with Crippen molar-refractivity contribution in [2.45, 2.75) is 5.92 Å². The Balaban J connectivity index is 1.48. The Morgan fingerprint density at radius 3 is 2.27 bits per heavy atom. The van der Waals surface area contributed by atoms with Crippen LogP contribution in [0.5, 0.6) is 0 Å². The highest BCUT2D eigenvalue weighted by Gasteiger charge is 2.28. The maximum atomic E-state index is 12.0. The normalized spacial score (nSPS) is 12.3. The van der Waals surface area contributed by atoms with Gasteiger partial charge in [-0.2, -0.15) is 0 Å². The number of likely N-dealkylation sites (N-methyl/N-ethyl adjacent to an activating group) is 1. The van der Waals surface area contributed by atoms with E-state index in [4.69, 9.17) is 14.7 Å². The van der Waals surface area contributed by atoms with E-state index in [0.29, 0.717) is 0 Å². The number of hydroxylamine groups is 2. The lowest BCUT2D eigenvalue weighted by Gasteiger charge is -2.14. The third-order valence-electron chi connectivity index (χ3n) is 4.66. The zero-order valence-electron chi connectivity index (χ0n) is 16.4. The highest BCUT2D eigenvalue weighted by molar-refractivity contribution is 5.86. The summed E-state index contributed by atoms with van der Waals surface area (Å²) in [6, 6.07) is 16.1. The smallest absolute Gasteiger partial charge is 0.407 e. The van der Waals surface area contributed by atoms with Gasteiger partial charge in [-0.05, 0) is 22.3 Å². The van der Waals surface area contributed by atoms with Crippen molar-refractivity contribution in [2.75, 3.05) is 26.8 Å². The van der Waals surface area contributed by atoms with Crippen LogP contribution in [-0.4, -0.2) is 54.9 Å². The number of ether oxygens (including phenoxy) is 1. The lowest BCUT2D eigenvalue weighted by molar-refractivity contribution is -0.181. The van der Waals surface area contributed by atoms with Crippen LogP contribution < -0.4 is 5.32 Å². The average molecular weight is 410 g/mol. The van der Waals surface area contributed by atoms with Crippen LogP contribution in [0.4, 0.5) is 4.79 Å². The fourth-order valence-corrected chi connectivity index (χ4v) is 3.27. The molecule has 8 heteroatoms. The van der Waals surface area contributed by atoms with Gasteiger partial charge in [0.05, 0.1) is 0 Å². The van der Waals surface area contributed by atoms with Gasteiger partial charge in [-0.25, -0.2) is 14.7 Å². The number of nitrogens with one attached hydrogen (secondary N) is 1. The van der Waals surface area contributed by atoms with E-state index in [1.54, 1.807) is 0 Å². The predicted molar refractivity (Wildman–Crippen MR) is 109 cm³/mol. The largest absolute Gasteiger partial charge is 0.479 e. The Hall–Kier alpha value is -3.65. The first-order chi connectivity index (χ1) is 14.5. The molecule has 30 heavy (non-hydrogen) atoms. The van der Waals surface area contributed by atoms with Crippen LogP contribution in [0.25, 0.3) is 11.1 Å². The molecular formula is C22H22N2O6. The fraction of sp³-hybridized carbons (Fsp3) is 0.227. The van der Waals surface area contributed by atoms with Crippen molar-refractivity contribution < 1.29 is 29.1 Å². The minimum absolute atomic E-state index is 0.0275. The number of benzene rings is 2. The van der Waals surface area contributed by atoms with Crippen LogP contribution in [0.3, 0.4) is 0 Å². The zero-order valence-corrected chi connectivity index (χ0v) is 16.4. The minimum Gasteiger partial charge on any atom is -0.479 e. The van der Waals surface area contributed by atoms with Gasteiger partial charge in [-0.15, -0.1) is 0 Å². The monoisotopic (exact) mass is 410 g/mol. The highest BCUT2D eigenvalue weighted by atomic mass is 16.7. The van der Waals surface area contributed by atoms with Gasteiger partial charge in [-0.1, -0.05) is 54.6 Å². The van der Waals surface area contributed by atoms with E-state index < -0.39 is 24.6 Å². The van der Waals surface area contributed by atoms with E-state index in [9.17, 15) is 14.4 Å². The lowest BCUT2D eigenvalue weighted by atomic mass is 9.98. The molecule has 0 atom stereocenters. The SMILES string of the molecule is CN(OCC(=O)O)C(=O)/C=C/CNC(=O)OCC1c2ccccc2-c2ccccc21. The Morgan fingerprint density at radius 1 is 1.07 bits per heavy atom. The van der Waals surface area contributed by atoms with E-state index >= 15 is 0 Å². The maximum absolute atomic E-state index is 12.0. The molecule has 0 heterocycles. The van der Waals surface area contributed by atoms with E-state index in [0.717, 1.165) is 27.3 Å². The van der Waals surface area contributed by atoms with E-state index in [2.05, 4.69) is 17.4 Å². The summed E-state index contributed by atoms with van der Waals surface area (Å²) in [5, 5.41) is 11.9. The van der Waals surface area contributed by atoms with Crippen molar-refractivity contribution in [1.82, 2.24) is 10.4 Å². The summed E-state index contributed by atoms with van der Waals surface area (Å²) in [7, 11) is 1.30. The summed E-state index contributed by atoms with van der Waals surface area (Å²) in [6.45, 7) is -0.336. The second kappa shape index (κ2) is 9.71. The van der Waals surface area contributed by atoms with Crippen molar-refractivity contribution in [3.8, 4) is 11.1 Å². The standard InChI is InChI=1S/C22H22N2O6/c1-24(30-14-21(26)27)20(25)11-6-12-23-22(28)29-13-19-17-9-4-2-7-15(17)16-8-3-5-10-18(16)19/h2-11,19H,12-14H2,1H3,(H,23,28)(H,26,27)/b11-6+. The Bertz CT molecular complexity index is 926. The number of fused-ring (bicyclic) bond motifs is 3. The molecule has 0 unspecified atom stereocenters. The number of hydrogen-bond acceptors (Lipinski definition) is 5. The summed E-state index contributed by atoms with van der Waals surface area (Å²) in [6.07, 6.45) is 2.00. The van der Waals surface area contributed by atoms with E-state index in [1.165, 1.54) is 19.2 Å². The predicted octanol–water partition coefficient (Wildman–Crippen LogP) is 2.56. The second-order valence-corrected chi connectivity index (χ2v) is 6.61. The summed E-state index contributed by atoms with van der Waals surface area (Å²) >= 11 is 0. The molecule has 156 valence electrons. The third-order valence-corrected chi connectivity index (χ3v) is 4.66. The minimum atomic E-state index is -1.18. The number of carboxylic acid groups (broad SMARTS) is 1. The summed E-state index contributed by atoms with van der Waals surface area (Å²) in [5.41, 5.74) is 4.55. The summed E-state index contributed by atoms with van der Waals surface area (Å²) < 4.78 is 5.39. The summed E-state index contributed by atoms with van der Waals surface area (Å²) in [4.78, 5) is 38.9. The van der Waals surface area contributed by atoms with Crippen LogP contribution in [0.15, 0.2) is 60.7 Å². The second-order valence-electron chi connectivity index (χ2n) is 6.61. The lowest BCUT2D eigenvalue weighted by Crippen LogP contribution is -2.29. The van der Waals surface area contributed by atoms with Gasteiger partial charge >= 0.3 is 12.1 Å². The molecule has 2 aromatic rings. The van der Waals surface area contributed by atoms with E-state index in [1.807, 2.05) is 36.4 Å². The van der Waals surface area contributed by atoms with Crippen LogP contribution in [0.1, 0.15) is 17.0 Å². The van der Waals surface area contributed by atoms with E-state index in [-0.39, 0.29) is 19.1 Å². The first kappa shape index (κ1) is 21.1. The quantitative estimate of drug-likeness (QED) is 0.512. The molecule has 0 aromatic heterocycles. The van der Waals surface area contributed by atoms with Crippen molar-refractivity contribution in [1.29, 1.82) is 0 Å². The topological polar surface area (TPSA) is 105 Å². The molecule has 0 saturated carbocycles. The highest BCUT2D eigenvalue weighted by Crippen LogP contribution is 2.44. The van der Waals surface area contributed by atoms with Crippen LogP contribution >= 0.6 is 0 Å². The molecule has 0 aliphatic heterocycles. The van der Waals surface area contributed by atoms with Gasteiger partial charge in [0.15, 0.2) is 6.61 Å². The number of amides is 2. The Kier molecular flexibility index (Phi) is 6.82. The number of carboxylic acids is 1. The Morgan fingerprint density at radius 2 is 1.67 bits per heavy atom. The van der Waals surface area contributed by atoms with Gasteiger partial charge in [-0.3, -0.25) is 9.63 Å². The molecule has 0 fully saturated rings. The molecule has 2 N–H and O–H groups in total. The summed E-state index contributed by atoms with van der Waals surface area (Å²) in [5.74, 6) is -1.76. The molecule has 2 aromatic carbocycles. The number of alkyl carbamates (subject to hydrolysis) is 1. The molecule has 2 amide bonds. The van der Waals surface area contributed by atoms with Gasteiger partial charge in [0.2, 0.25) is 0 Å². The molecule has 0 saturated heterocycles. The third kappa shape index (κ3) is 5.03. The van der Waals surface area contributed by atoms with Crippen LogP contribution in [0.2, 0.25) is 0 Å². The maximum Gasteiger partial charge on any atom is 0.407 e. The molecule has 0 radical (unpaired) electrons. The van der Waals surface area contributed by atoms with Gasteiger partial charge < -0.3 is 15.2 Å². The number of rotatable bonds is 8. The number of nitrogens with zero attached hydrogens (tertiary/aromatic N) is 1. The number of carbonyl (C=O) groups is 3. The van der Waals surface area contributed by atoms with Crippen molar-refractivity contribution in [3.05, 3.63) is 71.8 Å². The number of carbonyl (C=O) groups excluding carboxylic acids is 2. The molecule has 3 rings (SSSR count). The first-order valence-electron chi connectivity index (χ1n) is 9.35. The van der Waals surface area contributed by atoms with Crippen molar-refractivity contribution in [3.63, 3.8) is 0 Å². The average Bonchev–Trinajstić information content (AvgIpc) is 3.07. The van der Waals surface area contributed by atoms with Gasteiger partial charge in [0.25, 0.3) is 5.91 Å². The zero-order chi connectivity index (χ0) is 21.5. The number of aliphatic carboxylic acids is 1. The molecule has 1 aliphatic rings. The van der Waals surface area contributed by atoms with Gasteiger partial charge in [0, 0.05) is 25.6 Å². The molecule has 1 aliphatic carbocycles. The van der Waals surface area contributed by atoms with Crippen LogP contribution in [-0.2, 0) is 19.2 Å². The van der Waals surface area contributed by atoms with Crippen LogP contribution in [0, 0.1) is 0 Å². The Labute approximate surface area is 173 Å². The molecule has 0 spiro atoms. The fourth-order valence-electron chi connectivity index (χ4n) is 3.27. The van der Waals surface area contributed by atoms with Crippen molar-refractivity contribution in [2.24, 2.45) is 0 Å². The first-order valence-corrected chi connectivity index (χ1v) is 9.35. The molecule has 0 bridgehead atoms.